The maximum Gasteiger partial charge on any atom is 0.244 e. The van der Waals surface area contributed by atoms with Gasteiger partial charge in [0.2, 0.25) is 5.91 Å². The van der Waals surface area contributed by atoms with Crippen molar-refractivity contribution in [3.63, 3.8) is 0 Å². The fraction of sp³-hybridized carbons (Fsp3) is 0.211. The van der Waals surface area contributed by atoms with Gasteiger partial charge in [-0.15, -0.1) is 0 Å². The second-order valence-corrected chi connectivity index (χ2v) is 5.00. The molecule has 0 heterocycles. The number of amides is 1. The van der Waals surface area contributed by atoms with Crippen LogP contribution < -0.4 is 5.32 Å². The molecule has 2 rings (SSSR count). The summed E-state index contributed by atoms with van der Waals surface area (Å²) in [5.74, 6) is -0.0545. The maximum absolute atomic E-state index is 12.1. The van der Waals surface area contributed by atoms with Gasteiger partial charge >= 0.3 is 0 Å². The molecule has 2 nitrogen and oxygen atoms in total. The lowest BCUT2D eigenvalue weighted by atomic mass is 10.0. The molecule has 0 aliphatic carbocycles. The Bertz CT molecular complexity index is 575. The smallest absolute Gasteiger partial charge is 0.244 e. The minimum absolute atomic E-state index is 0.0545. The molecule has 0 spiro atoms. The summed E-state index contributed by atoms with van der Waals surface area (Å²) in [6.45, 7) is 2.13. The van der Waals surface area contributed by atoms with Gasteiger partial charge in [0.25, 0.3) is 0 Å². The Morgan fingerprint density at radius 2 is 1.67 bits per heavy atom. The molecule has 2 heteroatoms. The highest BCUT2D eigenvalue weighted by Gasteiger charge is 2.11. The zero-order valence-corrected chi connectivity index (χ0v) is 12.3. The van der Waals surface area contributed by atoms with E-state index in [1.807, 2.05) is 54.6 Å². The highest BCUT2D eigenvalue weighted by atomic mass is 16.1. The van der Waals surface area contributed by atoms with E-state index in [-0.39, 0.29) is 11.9 Å². The highest BCUT2D eigenvalue weighted by Crippen LogP contribution is 2.18. The molecule has 0 aliphatic rings. The van der Waals surface area contributed by atoms with Gasteiger partial charge in [0.1, 0.15) is 0 Å². The first-order valence-electron chi connectivity index (χ1n) is 7.38. The molecule has 2 aromatic rings. The van der Waals surface area contributed by atoms with Crippen molar-refractivity contribution in [2.75, 3.05) is 0 Å². The van der Waals surface area contributed by atoms with Crippen LogP contribution in [0.1, 0.15) is 36.9 Å². The first-order chi connectivity index (χ1) is 10.3. The van der Waals surface area contributed by atoms with E-state index >= 15 is 0 Å². The first-order valence-corrected chi connectivity index (χ1v) is 7.38. The van der Waals surface area contributed by atoms with Crippen LogP contribution >= 0.6 is 0 Å². The third-order valence-electron chi connectivity index (χ3n) is 3.32. The molecular formula is C19H21NO. The molecule has 0 aliphatic heterocycles. The van der Waals surface area contributed by atoms with E-state index in [0.717, 1.165) is 24.0 Å². The van der Waals surface area contributed by atoms with E-state index in [2.05, 4.69) is 24.4 Å². The van der Waals surface area contributed by atoms with Crippen molar-refractivity contribution in [1.29, 1.82) is 0 Å². The SMILES string of the molecule is CCCC(NC(=O)/C=C/c1ccccc1)c1ccccc1. The van der Waals surface area contributed by atoms with E-state index in [4.69, 9.17) is 0 Å². The summed E-state index contributed by atoms with van der Waals surface area (Å²) in [6, 6.07) is 20.0. The van der Waals surface area contributed by atoms with Crippen LogP contribution in [-0.4, -0.2) is 5.91 Å². The first kappa shape index (κ1) is 15.0. The van der Waals surface area contributed by atoms with Crippen molar-refractivity contribution in [1.82, 2.24) is 5.32 Å². The minimum Gasteiger partial charge on any atom is -0.346 e. The molecular weight excluding hydrogens is 258 g/mol. The van der Waals surface area contributed by atoms with Gasteiger partial charge in [-0.1, -0.05) is 74.0 Å². The van der Waals surface area contributed by atoms with E-state index in [0.29, 0.717) is 0 Å². The molecule has 21 heavy (non-hydrogen) atoms. The normalized spacial score (nSPS) is 12.2. The van der Waals surface area contributed by atoms with Crippen molar-refractivity contribution in [3.05, 3.63) is 77.9 Å². The standard InChI is InChI=1S/C19H21NO/c1-2-9-18(17-12-7-4-8-13-17)20-19(21)15-14-16-10-5-3-6-11-16/h3-8,10-15,18H,2,9H2,1H3,(H,20,21)/b15-14+. The van der Waals surface area contributed by atoms with E-state index in [1.165, 1.54) is 0 Å². The van der Waals surface area contributed by atoms with Crippen molar-refractivity contribution in [2.24, 2.45) is 0 Å². The molecule has 1 unspecified atom stereocenters. The summed E-state index contributed by atoms with van der Waals surface area (Å²) in [6.07, 6.45) is 5.40. The van der Waals surface area contributed by atoms with Crippen LogP contribution in [-0.2, 0) is 4.79 Å². The second-order valence-electron chi connectivity index (χ2n) is 5.00. The van der Waals surface area contributed by atoms with Crippen LogP contribution in [0.15, 0.2) is 66.7 Å². The van der Waals surface area contributed by atoms with Crippen LogP contribution in [0.5, 0.6) is 0 Å². The molecule has 0 bridgehead atoms. The predicted molar refractivity (Wildman–Crippen MR) is 87.7 cm³/mol. The predicted octanol–water partition coefficient (Wildman–Crippen LogP) is 4.36. The number of hydrogen-bond donors (Lipinski definition) is 1. The van der Waals surface area contributed by atoms with E-state index in [1.54, 1.807) is 6.08 Å². The van der Waals surface area contributed by atoms with Crippen LogP contribution in [0.3, 0.4) is 0 Å². The monoisotopic (exact) mass is 279 g/mol. The zero-order chi connectivity index (χ0) is 14.9. The number of hydrogen-bond acceptors (Lipinski definition) is 1. The largest absolute Gasteiger partial charge is 0.346 e. The zero-order valence-electron chi connectivity index (χ0n) is 12.3. The Hall–Kier alpha value is -2.35. The summed E-state index contributed by atoms with van der Waals surface area (Å²) in [4.78, 5) is 12.1. The molecule has 108 valence electrons. The quantitative estimate of drug-likeness (QED) is 0.782. The van der Waals surface area contributed by atoms with Crippen LogP contribution in [0.2, 0.25) is 0 Å². The lowest BCUT2D eigenvalue weighted by molar-refractivity contribution is -0.117. The topological polar surface area (TPSA) is 29.1 Å². The summed E-state index contributed by atoms with van der Waals surface area (Å²) in [5.41, 5.74) is 2.18. The van der Waals surface area contributed by atoms with Gasteiger partial charge in [0.15, 0.2) is 0 Å². The average molecular weight is 279 g/mol. The molecule has 1 N–H and O–H groups in total. The molecule has 1 atom stereocenters. The van der Waals surface area contributed by atoms with Gasteiger partial charge in [-0.25, -0.2) is 0 Å². The number of benzene rings is 2. The molecule has 0 radical (unpaired) electrons. The summed E-state index contributed by atoms with van der Waals surface area (Å²) >= 11 is 0. The molecule has 0 saturated heterocycles. The highest BCUT2D eigenvalue weighted by molar-refractivity contribution is 5.91. The van der Waals surface area contributed by atoms with Crippen molar-refractivity contribution in [2.45, 2.75) is 25.8 Å². The number of carbonyl (C=O) groups is 1. The van der Waals surface area contributed by atoms with Gasteiger partial charge in [-0.05, 0) is 23.6 Å². The fourth-order valence-electron chi connectivity index (χ4n) is 2.25. The van der Waals surface area contributed by atoms with Crippen LogP contribution in [0.4, 0.5) is 0 Å². The molecule has 1 amide bonds. The lowest BCUT2D eigenvalue weighted by Gasteiger charge is -2.17. The Morgan fingerprint density at radius 3 is 2.29 bits per heavy atom. The summed E-state index contributed by atoms with van der Waals surface area (Å²) < 4.78 is 0. The van der Waals surface area contributed by atoms with Gasteiger partial charge in [0, 0.05) is 6.08 Å². The van der Waals surface area contributed by atoms with Gasteiger partial charge in [-0.3, -0.25) is 4.79 Å². The van der Waals surface area contributed by atoms with E-state index < -0.39 is 0 Å². The number of carbonyl (C=O) groups excluding carboxylic acids is 1. The summed E-state index contributed by atoms with van der Waals surface area (Å²) in [5, 5.41) is 3.08. The van der Waals surface area contributed by atoms with Crippen molar-refractivity contribution in [3.8, 4) is 0 Å². The number of rotatable bonds is 6. The third-order valence-corrected chi connectivity index (χ3v) is 3.32. The third kappa shape index (κ3) is 4.92. The Balaban J connectivity index is 2.00. The van der Waals surface area contributed by atoms with Crippen LogP contribution in [0, 0.1) is 0 Å². The summed E-state index contributed by atoms with van der Waals surface area (Å²) in [7, 11) is 0. The minimum atomic E-state index is -0.0545. The molecule has 0 aromatic heterocycles. The van der Waals surface area contributed by atoms with Gasteiger partial charge < -0.3 is 5.32 Å². The number of nitrogens with one attached hydrogen (secondary N) is 1. The van der Waals surface area contributed by atoms with Crippen molar-refractivity contribution >= 4 is 12.0 Å². The Morgan fingerprint density at radius 1 is 1.05 bits per heavy atom. The molecule has 0 fully saturated rings. The average Bonchev–Trinajstić information content (AvgIpc) is 2.54. The van der Waals surface area contributed by atoms with Crippen LogP contribution in [0.25, 0.3) is 6.08 Å². The lowest BCUT2D eigenvalue weighted by Crippen LogP contribution is -2.26. The van der Waals surface area contributed by atoms with Crippen molar-refractivity contribution < 1.29 is 4.79 Å². The van der Waals surface area contributed by atoms with Gasteiger partial charge in [0.05, 0.1) is 6.04 Å². The maximum atomic E-state index is 12.1. The van der Waals surface area contributed by atoms with E-state index in [9.17, 15) is 4.79 Å². The second kappa shape index (κ2) is 8.05. The molecule has 2 aromatic carbocycles. The fourth-order valence-corrected chi connectivity index (χ4v) is 2.25. The Labute approximate surface area is 126 Å². The van der Waals surface area contributed by atoms with Gasteiger partial charge in [-0.2, -0.15) is 0 Å². The Kier molecular flexibility index (Phi) is 5.77. The molecule has 0 saturated carbocycles.